The highest BCUT2D eigenvalue weighted by Gasteiger charge is 2.38. The van der Waals surface area contributed by atoms with Gasteiger partial charge in [-0.05, 0) is 18.3 Å². The SMILES string of the molecule is CC1(C)CCCCC1C(=O)NC(CO)C(=O)O. The van der Waals surface area contributed by atoms with Crippen LogP contribution in [0, 0.1) is 11.3 Å². The summed E-state index contributed by atoms with van der Waals surface area (Å²) in [7, 11) is 0. The maximum absolute atomic E-state index is 12.0. The smallest absolute Gasteiger partial charge is 0.328 e. The van der Waals surface area contributed by atoms with Crippen molar-refractivity contribution in [1.29, 1.82) is 0 Å². The summed E-state index contributed by atoms with van der Waals surface area (Å²) in [6.07, 6.45) is 3.87. The molecule has 0 saturated heterocycles. The van der Waals surface area contributed by atoms with Gasteiger partial charge in [0.05, 0.1) is 6.61 Å². The lowest BCUT2D eigenvalue weighted by atomic mass is 9.68. The zero-order chi connectivity index (χ0) is 13.1. The van der Waals surface area contributed by atoms with Gasteiger partial charge in [-0.3, -0.25) is 4.79 Å². The summed E-state index contributed by atoms with van der Waals surface area (Å²) in [4.78, 5) is 22.7. The van der Waals surface area contributed by atoms with E-state index in [1.54, 1.807) is 0 Å². The van der Waals surface area contributed by atoms with Crippen LogP contribution < -0.4 is 5.32 Å². The molecule has 1 aliphatic rings. The Morgan fingerprint density at radius 1 is 1.41 bits per heavy atom. The van der Waals surface area contributed by atoms with Crippen LogP contribution in [-0.2, 0) is 9.59 Å². The first-order valence-electron chi connectivity index (χ1n) is 6.02. The summed E-state index contributed by atoms with van der Waals surface area (Å²) in [5.74, 6) is -1.62. The fraction of sp³-hybridized carbons (Fsp3) is 0.833. The topological polar surface area (TPSA) is 86.6 Å². The van der Waals surface area contributed by atoms with Gasteiger partial charge in [0, 0.05) is 5.92 Å². The van der Waals surface area contributed by atoms with E-state index in [4.69, 9.17) is 10.2 Å². The third-order valence-corrected chi connectivity index (χ3v) is 3.62. The highest BCUT2D eigenvalue weighted by atomic mass is 16.4. The number of nitrogens with one attached hydrogen (secondary N) is 1. The number of carbonyl (C=O) groups excluding carboxylic acids is 1. The van der Waals surface area contributed by atoms with Crippen LogP contribution in [0.25, 0.3) is 0 Å². The molecule has 0 spiro atoms. The van der Waals surface area contributed by atoms with Gasteiger partial charge >= 0.3 is 5.97 Å². The van der Waals surface area contributed by atoms with Crippen LogP contribution in [0.15, 0.2) is 0 Å². The molecule has 0 bridgehead atoms. The maximum atomic E-state index is 12.0. The first kappa shape index (κ1) is 14.0. The van der Waals surface area contributed by atoms with Crippen LogP contribution in [0.2, 0.25) is 0 Å². The Labute approximate surface area is 101 Å². The van der Waals surface area contributed by atoms with Gasteiger partial charge in [-0.2, -0.15) is 0 Å². The Bertz CT molecular complexity index is 301. The van der Waals surface area contributed by atoms with E-state index in [0.29, 0.717) is 0 Å². The van der Waals surface area contributed by atoms with E-state index in [2.05, 4.69) is 5.32 Å². The van der Waals surface area contributed by atoms with Crippen molar-refractivity contribution in [3.05, 3.63) is 0 Å². The highest BCUT2D eigenvalue weighted by molar-refractivity contribution is 5.85. The molecule has 5 nitrogen and oxygen atoms in total. The van der Waals surface area contributed by atoms with E-state index in [9.17, 15) is 9.59 Å². The molecular formula is C12H21NO4. The molecule has 1 rings (SSSR count). The lowest BCUT2D eigenvalue weighted by Gasteiger charge is -2.37. The number of amides is 1. The number of carbonyl (C=O) groups is 2. The minimum absolute atomic E-state index is 0.0964. The van der Waals surface area contributed by atoms with Crippen LogP contribution in [0.5, 0.6) is 0 Å². The van der Waals surface area contributed by atoms with Gasteiger partial charge in [0.2, 0.25) is 5.91 Å². The summed E-state index contributed by atoms with van der Waals surface area (Å²) >= 11 is 0. The van der Waals surface area contributed by atoms with Crippen molar-refractivity contribution in [2.75, 3.05) is 6.61 Å². The first-order chi connectivity index (χ1) is 7.88. The number of aliphatic hydroxyl groups is 1. The monoisotopic (exact) mass is 243 g/mol. The molecule has 0 radical (unpaired) electrons. The second-order valence-corrected chi connectivity index (χ2v) is 5.37. The molecule has 2 unspecified atom stereocenters. The molecule has 0 aromatic rings. The third kappa shape index (κ3) is 3.43. The van der Waals surface area contributed by atoms with E-state index in [1.165, 1.54) is 0 Å². The van der Waals surface area contributed by atoms with E-state index in [1.807, 2.05) is 13.8 Å². The second kappa shape index (κ2) is 5.49. The number of rotatable bonds is 4. The normalized spacial score (nSPS) is 25.0. The highest BCUT2D eigenvalue weighted by Crippen LogP contribution is 2.40. The average molecular weight is 243 g/mol. The molecule has 0 aliphatic heterocycles. The molecule has 1 saturated carbocycles. The van der Waals surface area contributed by atoms with E-state index in [0.717, 1.165) is 25.7 Å². The number of hydrogen-bond acceptors (Lipinski definition) is 3. The summed E-state index contributed by atoms with van der Waals surface area (Å²) in [5, 5.41) is 20.1. The minimum atomic E-state index is -1.20. The van der Waals surface area contributed by atoms with Crippen molar-refractivity contribution in [1.82, 2.24) is 5.32 Å². The number of aliphatic hydroxyl groups excluding tert-OH is 1. The third-order valence-electron chi connectivity index (χ3n) is 3.62. The Morgan fingerprint density at radius 3 is 2.53 bits per heavy atom. The second-order valence-electron chi connectivity index (χ2n) is 5.37. The molecule has 5 heteroatoms. The van der Waals surface area contributed by atoms with Crippen LogP contribution in [-0.4, -0.2) is 34.7 Å². The molecule has 0 aromatic carbocycles. The van der Waals surface area contributed by atoms with Crippen LogP contribution in [0.1, 0.15) is 39.5 Å². The van der Waals surface area contributed by atoms with Gasteiger partial charge in [0.15, 0.2) is 0 Å². The lowest BCUT2D eigenvalue weighted by molar-refractivity contribution is -0.144. The molecule has 17 heavy (non-hydrogen) atoms. The van der Waals surface area contributed by atoms with Gasteiger partial charge in [-0.15, -0.1) is 0 Å². The molecule has 0 aromatic heterocycles. The molecule has 2 atom stereocenters. The molecular weight excluding hydrogens is 222 g/mol. The van der Waals surface area contributed by atoms with Crippen molar-refractivity contribution in [3.63, 3.8) is 0 Å². The Balaban J connectivity index is 2.65. The van der Waals surface area contributed by atoms with Crippen LogP contribution in [0.4, 0.5) is 0 Å². The number of carboxylic acid groups (broad SMARTS) is 1. The fourth-order valence-electron chi connectivity index (χ4n) is 2.44. The number of aliphatic carboxylic acids is 1. The van der Waals surface area contributed by atoms with Gasteiger partial charge in [-0.1, -0.05) is 26.7 Å². The van der Waals surface area contributed by atoms with Gasteiger partial charge in [0.25, 0.3) is 0 Å². The summed E-state index contributed by atoms with van der Waals surface area (Å²) in [6.45, 7) is 3.49. The Kier molecular flexibility index (Phi) is 4.51. The van der Waals surface area contributed by atoms with Crippen molar-refractivity contribution < 1.29 is 19.8 Å². The molecule has 98 valence electrons. The standard InChI is InChI=1S/C12H21NO4/c1-12(2)6-4-3-5-8(12)10(15)13-9(7-14)11(16)17/h8-9,14H,3-7H2,1-2H3,(H,13,15)(H,16,17). The van der Waals surface area contributed by atoms with Crippen molar-refractivity contribution in [3.8, 4) is 0 Å². The van der Waals surface area contributed by atoms with Gasteiger partial charge in [0.1, 0.15) is 6.04 Å². The quantitative estimate of drug-likeness (QED) is 0.680. The van der Waals surface area contributed by atoms with E-state index in [-0.39, 0.29) is 17.2 Å². The predicted molar refractivity (Wildman–Crippen MR) is 62.4 cm³/mol. The van der Waals surface area contributed by atoms with Gasteiger partial charge in [-0.25, -0.2) is 4.79 Å². The first-order valence-corrected chi connectivity index (χ1v) is 6.02. The van der Waals surface area contributed by atoms with Crippen molar-refractivity contribution in [2.45, 2.75) is 45.6 Å². The molecule has 1 amide bonds. The van der Waals surface area contributed by atoms with Gasteiger partial charge < -0.3 is 15.5 Å². The summed E-state index contributed by atoms with van der Waals surface area (Å²) in [5.41, 5.74) is -0.0964. The maximum Gasteiger partial charge on any atom is 0.328 e. The molecule has 3 N–H and O–H groups in total. The van der Waals surface area contributed by atoms with Crippen molar-refractivity contribution >= 4 is 11.9 Å². The predicted octanol–water partition coefficient (Wildman–Crippen LogP) is 0.764. The zero-order valence-corrected chi connectivity index (χ0v) is 10.4. The van der Waals surface area contributed by atoms with Crippen molar-refractivity contribution in [2.24, 2.45) is 11.3 Å². The lowest BCUT2D eigenvalue weighted by Crippen LogP contribution is -2.49. The molecule has 1 fully saturated rings. The minimum Gasteiger partial charge on any atom is -0.480 e. The molecule has 0 heterocycles. The average Bonchev–Trinajstić information content (AvgIpc) is 2.24. The Morgan fingerprint density at radius 2 is 2.06 bits per heavy atom. The largest absolute Gasteiger partial charge is 0.480 e. The van der Waals surface area contributed by atoms with E-state index < -0.39 is 18.6 Å². The van der Waals surface area contributed by atoms with Crippen LogP contribution in [0.3, 0.4) is 0 Å². The zero-order valence-electron chi connectivity index (χ0n) is 10.4. The summed E-state index contributed by atoms with van der Waals surface area (Å²) in [6, 6.07) is -1.19. The fourth-order valence-corrected chi connectivity index (χ4v) is 2.44. The Hall–Kier alpha value is -1.10. The summed E-state index contributed by atoms with van der Waals surface area (Å²) < 4.78 is 0. The number of carboxylic acids is 1. The number of hydrogen-bond donors (Lipinski definition) is 3. The van der Waals surface area contributed by atoms with Crippen LogP contribution >= 0.6 is 0 Å². The van der Waals surface area contributed by atoms with E-state index >= 15 is 0 Å². The molecule has 1 aliphatic carbocycles.